The van der Waals surface area contributed by atoms with Crippen molar-refractivity contribution >= 4 is 57.5 Å². The van der Waals surface area contributed by atoms with Crippen LogP contribution in [0.2, 0.25) is 15.1 Å². The highest BCUT2D eigenvalue weighted by Crippen LogP contribution is 2.28. The van der Waals surface area contributed by atoms with Gasteiger partial charge in [-0.15, -0.1) is 0 Å². The molecular weight excluding hydrogens is 407 g/mol. The lowest BCUT2D eigenvalue weighted by Gasteiger charge is -2.06. The molecule has 4 aromatic rings. The van der Waals surface area contributed by atoms with Gasteiger partial charge in [-0.05, 0) is 54.6 Å². The molecule has 1 N–H and O–H groups in total. The van der Waals surface area contributed by atoms with E-state index in [0.717, 1.165) is 5.56 Å². The largest absolute Gasteiger partial charge is 0.436 e. The van der Waals surface area contributed by atoms with E-state index in [1.807, 2.05) is 12.1 Å². The van der Waals surface area contributed by atoms with Crippen LogP contribution in [0.5, 0.6) is 0 Å². The summed E-state index contributed by atoms with van der Waals surface area (Å²) in [6.45, 7) is 0. The third-order valence-electron chi connectivity index (χ3n) is 3.89. The van der Waals surface area contributed by atoms with Gasteiger partial charge in [0.15, 0.2) is 5.58 Å². The van der Waals surface area contributed by atoms with Gasteiger partial charge in [-0.2, -0.15) is 0 Å². The molecule has 1 amide bonds. The molecule has 3 aromatic carbocycles. The number of benzene rings is 3. The molecule has 4 rings (SSSR count). The average molecular weight is 418 g/mol. The highest BCUT2D eigenvalue weighted by molar-refractivity contribution is 6.37. The van der Waals surface area contributed by atoms with E-state index in [1.54, 1.807) is 42.5 Å². The first-order chi connectivity index (χ1) is 13.0. The third kappa shape index (κ3) is 3.78. The van der Waals surface area contributed by atoms with E-state index >= 15 is 0 Å². The summed E-state index contributed by atoms with van der Waals surface area (Å²) >= 11 is 18.0. The predicted molar refractivity (Wildman–Crippen MR) is 109 cm³/mol. The van der Waals surface area contributed by atoms with Gasteiger partial charge in [0.2, 0.25) is 5.89 Å². The van der Waals surface area contributed by atoms with E-state index in [9.17, 15) is 4.79 Å². The van der Waals surface area contributed by atoms with Crippen LogP contribution in [0.25, 0.3) is 22.6 Å². The normalized spacial score (nSPS) is 10.9. The Kier molecular flexibility index (Phi) is 4.79. The van der Waals surface area contributed by atoms with Crippen LogP contribution in [0.4, 0.5) is 5.69 Å². The van der Waals surface area contributed by atoms with Crippen LogP contribution in [0.1, 0.15) is 10.4 Å². The number of fused-ring (bicyclic) bond motifs is 1. The van der Waals surface area contributed by atoms with Crippen molar-refractivity contribution in [1.82, 2.24) is 4.98 Å². The SMILES string of the molecule is O=C(Nc1ccc2oc(-c3cccc(Cl)c3)nc2c1)c1ccc(Cl)cc1Cl. The molecule has 0 aliphatic heterocycles. The second kappa shape index (κ2) is 7.24. The summed E-state index contributed by atoms with van der Waals surface area (Å²) in [7, 11) is 0. The Balaban J connectivity index is 1.62. The summed E-state index contributed by atoms with van der Waals surface area (Å²) in [6.07, 6.45) is 0. The van der Waals surface area contributed by atoms with E-state index < -0.39 is 0 Å². The maximum absolute atomic E-state index is 12.4. The van der Waals surface area contributed by atoms with Crippen LogP contribution in [0.3, 0.4) is 0 Å². The van der Waals surface area contributed by atoms with Crippen molar-refractivity contribution in [1.29, 1.82) is 0 Å². The summed E-state index contributed by atoms with van der Waals surface area (Å²) in [5.41, 5.74) is 2.90. The number of hydrogen-bond acceptors (Lipinski definition) is 3. The van der Waals surface area contributed by atoms with E-state index in [1.165, 1.54) is 6.07 Å². The number of carbonyl (C=O) groups excluding carboxylic acids is 1. The summed E-state index contributed by atoms with van der Waals surface area (Å²) in [4.78, 5) is 16.9. The molecule has 0 bridgehead atoms. The number of carbonyl (C=O) groups is 1. The van der Waals surface area contributed by atoms with Crippen molar-refractivity contribution in [3.63, 3.8) is 0 Å². The minimum absolute atomic E-state index is 0.283. The number of amides is 1. The zero-order valence-corrected chi connectivity index (χ0v) is 15.9. The molecule has 134 valence electrons. The van der Waals surface area contributed by atoms with Crippen molar-refractivity contribution in [3.8, 4) is 11.5 Å². The number of anilines is 1. The molecule has 0 aliphatic carbocycles. The highest BCUT2D eigenvalue weighted by atomic mass is 35.5. The first kappa shape index (κ1) is 17.9. The Hall–Kier alpha value is -2.53. The molecule has 0 saturated heterocycles. The molecule has 0 saturated carbocycles. The second-order valence-corrected chi connectivity index (χ2v) is 7.07. The quantitative estimate of drug-likeness (QED) is 0.403. The van der Waals surface area contributed by atoms with Gasteiger partial charge in [0, 0.05) is 21.3 Å². The lowest BCUT2D eigenvalue weighted by molar-refractivity contribution is 0.102. The van der Waals surface area contributed by atoms with Crippen LogP contribution in [0.15, 0.2) is 65.1 Å². The molecule has 0 radical (unpaired) electrons. The average Bonchev–Trinajstić information content (AvgIpc) is 3.05. The molecule has 0 fully saturated rings. The monoisotopic (exact) mass is 416 g/mol. The lowest BCUT2D eigenvalue weighted by atomic mass is 10.2. The van der Waals surface area contributed by atoms with Crippen molar-refractivity contribution in [2.75, 3.05) is 5.32 Å². The topological polar surface area (TPSA) is 55.1 Å². The fraction of sp³-hybridized carbons (Fsp3) is 0. The summed E-state index contributed by atoms with van der Waals surface area (Å²) in [5.74, 6) is 0.117. The molecule has 4 nitrogen and oxygen atoms in total. The standard InChI is InChI=1S/C20H11Cl3N2O2/c21-12-3-1-2-11(8-12)20-25-17-10-14(5-7-18(17)27-20)24-19(26)15-6-4-13(22)9-16(15)23/h1-10H,(H,24,26). The van der Waals surface area contributed by atoms with Gasteiger partial charge in [-0.25, -0.2) is 4.98 Å². The number of halogens is 3. The van der Waals surface area contributed by atoms with Crippen LogP contribution >= 0.6 is 34.8 Å². The van der Waals surface area contributed by atoms with Crippen LogP contribution in [0, 0.1) is 0 Å². The minimum Gasteiger partial charge on any atom is -0.436 e. The highest BCUT2D eigenvalue weighted by Gasteiger charge is 2.13. The maximum atomic E-state index is 12.4. The third-order valence-corrected chi connectivity index (χ3v) is 4.68. The molecular formula is C20H11Cl3N2O2. The first-order valence-electron chi connectivity index (χ1n) is 7.92. The Morgan fingerprint density at radius 3 is 2.52 bits per heavy atom. The fourth-order valence-corrected chi connectivity index (χ4v) is 3.31. The number of nitrogens with one attached hydrogen (secondary N) is 1. The molecule has 1 aromatic heterocycles. The Labute approximate surface area is 169 Å². The second-order valence-electron chi connectivity index (χ2n) is 5.79. The van der Waals surface area contributed by atoms with Crippen molar-refractivity contribution in [3.05, 3.63) is 81.3 Å². The zero-order chi connectivity index (χ0) is 19.0. The van der Waals surface area contributed by atoms with Gasteiger partial charge in [-0.3, -0.25) is 4.79 Å². The molecule has 27 heavy (non-hydrogen) atoms. The number of nitrogens with zero attached hydrogens (tertiary/aromatic N) is 1. The van der Waals surface area contributed by atoms with Crippen molar-refractivity contribution < 1.29 is 9.21 Å². The molecule has 0 atom stereocenters. The van der Waals surface area contributed by atoms with Gasteiger partial charge in [0.25, 0.3) is 5.91 Å². The molecule has 0 spiro atoms. The van der Waals surface area contributed by atoms with Crippen LogP contribution in [-0.2, 0) is 0 Å². The number of rotatable bonds is 3. The van der Waals surface area contributed by atoms with Crippen molar-refractivity contribution in [2.24, 2.45) is 0 Å². The minimum atomic E-state index is -0.338. The van der Waals surface area contributed by atoms with Crippen LogP contribution < -0.4 is 5.32 Å². The van der Waals surface area contributed by atoms with Gasteiger partial charge >= 0.3 is 0 Å². The van der Waals surface area contributed by atoms with E-state index in [4.69, 9.17) is 39.2 Å². The molecule has 0 aliphatic rings. The van der Waals surface area contributed by atoms with Gasteiger partial charge < -0.3 is 9.73 Å². The van der Waals surface area contributed by atoms with Crippen molar-refractivity contribution in [2.45, 2.75) is 0 Å². The Morgan fingerprint density at radius 2 is 1.74 bits per heavy atom. The summed E-state index contributed by atoms with van der Waals surface area (Å²) in [6, 6.07) is 17.2. The summed E-state index contributed by atoms with van der Waals surface area (Å²) < 4.78 is 5.77. The maximum Gasteiger partial charge on any atom is 0.257 e. The Morgan fingerprint density at radius 1 is 0.926 bits per heavy atom. The molecule has 1 heterocycles. The first-order valence-corrected chi connectivity index (χ1v) is 9.06. The smallest absolute Gasteiger partial charge is 0.257 e. The fourth-order valence-electron chi connectivity index (χ4n) is 2.62. The number of oxazole rings is 1. The van der Waals surface area contributed by atoms with Gasteiger partial charge in [0.05, 0.1) is 10.6 Å². The Bertz CT molecular complexity index is 1170. The summed E-state index contributed by atoms with van der Waals surface area (Å²) in [5, 5.41) is 4.15. The van der Waals surface area contributed by atoms with E-state index in [2.05, 4.69) is 10.3 Å². The predicted octanol–water partition coefficient (Wildman–Crippen LogP) is 6.71. The van der Waals surface area contributed by atoms with Gasteiger partial charge in [-0.1, -0.05) is 40.9 Å². The van der Waals surface area contributed by atoms with Crippen LogP contribution in [-0.4, -0.2) is 10.9 Å². The molecule has 7 heteroatoms. The van der Waals surface area contributed by atoms with E-state index in [0.29, 0.717) is 38.3 Å². The number of aromatic nitrogens is 1. The number of hydrogen-bond donors (Lipinski definition) is 1. The lowest BCUT2D eigenvalue weighted by Crippen LogP contribution is -2.12. The van der Waals surface area contributed by atoms with E-state index in [-0.39, 0.29) is 10.9 Å². The van der Waals surface area contributed by atoms with Gasteiger partial charge in [0.1, 0.15) is 5.52 Å². The molecule has 0 unspecified atom stereocenters. The zero-order valence-electron chi connectivity index (χ0n) is 13.7.